The van der Waals surface area contributed by atoms with Crippen LogP contribution in [0.4, 0.5) is 0 Å². The Morgan fingerprint density at radius 3 is 2.74 bits per heavy atom. The highest BCUT2D eigenvalue weighted by atomic mass is 16.5. The molecule has 1 aromatic carbocycles. The van der Waals surface area contributed by atoms with Gasteiger partial charge in [-0.1, -0.05) is 18.9 Å². The molecule has 3 nitrogen and oxygen atoms in total. The second-order valence-electron chi connectivity index (χ2n) is 5.99. The number of methoxy groups -OCH3 is 1. The second-order valence-corrected chi connectivity index (χ2v) is 5.99. The van der Waals surface area contributed by atoms with E-state index in [9.17, 15) is 0 Å². The van der Waals surface area contributed by atoms with Crippen LogP contribution in [0.2, 0.25) is 0 Å². The minimum Gasteiger partial charge on any atom is -0.493 e. The molecule has 2 aliphatic rings. The van der Waals surface area contributed by atoms with E-state index in [0.717, 1.165) is 24.5 Å². The van der Waals surface area contributed by atoms with E-state index in [2.05, 4.69) is 19.1 Å². The van der Waals surface area contributed by atoms with E-state index < -0.39 is 0 Å². The minimum atomic E-state index is 0.161. The molecule has 2 N–H and O–H groups in total. The van der Waals surface area contributed by atoms with Gasteiger partial charge in [0.15, 0.2) is 11.5 Å². The number of fused-ring (bicyclic) bond motifs is 1. The van der Waals surface area contributed by atoms with Crippen LogP contribution in [-0.2, 0) is 11.8 Å². The Balaban J connectivity index is 2.06. The fourth-order valence-electron chi connectivity index (χ4n) is 3.62. The summed E-state index contributed by atoms with van der Waals surface area (Å²) in [5, 5.41) is 0. The smallest absolute Gasteiger partial charge is 0.164 e. The van der Waals surface area contributed by atoms with Crippen LogP contribution in [0.1, 0.15) is 43.7 Å². The van der Waals surface area contributed by atoms with Crippen LogP contribution in [0, 0.1) is 0 Å². The van der Waals surface area contributed by atoms with Crippen LogP contribution in [-0.4, -0.2) is 19.8 Å². The number of hydrogen-bond acceptors (Lipinski definition) is 3. The van der Waals surface area contributed by atoms with Crippen molar-refractivity contribution >= 4 is 0 Å². The zero-order chi connectivity index (χ0) is 13.5. The third-order valence-corrected chi connectivity index (χ3v) is 4.74. The molecule has 1 heterocycles. The molecule has 0 spiro atoms. The van der Waals surface area contributed by atoms with Gasteiger partial charge in [0.25, 0.3) is 0 Å². The summed E-state index contributed by atoms with van der Waals surface area (Å²) in [6.45, 7) is 2.83. The van der Waals surface area contributed by atoms with Crippen molar-refractivity contribution in [2.75, 3.05) is 13.7 Å². The first kappa shape index (κ1) is 12.8. The van der Waals surface area contributed by atoms with E-state index in [-0.39, 0.29) is 11.5 Å². The molecule has 1 fully saturated rings. The second kappa shape index (κ2) is 4.71. The zero-order valence-corrected chi connectivity index (χ0v) is 11.9. The highest BCUT2D eigenvalue weighted by molar-refractivity contribution is 5.53. The summed E-state index contributed by atoms with van der Waals surface area (Å²) in [4.78, 5) is 0. The van der Waals surface area contributed by atoms with Gasteiger partial charge in [0.05, 0.1) is 7.11 Å². The van der Waals surface area contributed by atoms with Gasteiger partial charge >= 0.3 is 0 Å². The number of benzene rings is 1. The topological polar surface area (TPSA) is 44.5 Å². The van der Waals surface area contributed by atoms with E-state index in [1.54, 1.807) is 7.11 Å². The number of ether oxygens (including phenoxy) is 2. The zero-order valence-electron chi connectivity index (χ0n) is 11.9. The number of rotatable bonds is 3. The van der Waals surface area contributed by atoms with Crippen LogP contribution in [0.15, 0.2) is 12.1 Å². The molecule has 0 radical (unpaired) electrons. The van der Waals surface area contributed by atoms with Gasteiger partial charge in [-0.2, -0.15) is 0 Å². The molecule has 3 rings (SSSR count). The highest BCUT2D eigenvalue weighted by Crippen LogP contribution is 2.46. The lowest BCUT2D eigenvalue weighted by molar-refractivity contribution is 0.243. The van der Waals surface area contributed by atoms with Crippen LogP contribution in [0.25, 0.3) is 0 Å². The van der Waals surface area contributed by atoms with Crippen molar-refractivity contribution in [1.29, 1.82) is 0 Å². The molecule has 1 saturated carbocycles. The largest absolute Gasteiger partial charge is 0.493 e. The fraction of sp³-hybridized carbons (Fsp3) is 0.625. The first-order valence-corrected chi connectivity index (χ1v) is 7.26. The molecule has 104 valence electrons. The SMILES string of the molecule is COc1cc(C2(CN)CCCC2)cc2c1OC(C)C2. The van der Waals surface area contributed by atoms with Crippen LogP contribution < -0.4 is 15.2 Å². The summed E-state index contributed by atoms with van der Waals surface area (Å²) in [6, 6.07) is 4.45. The van der Waals surface area contributed by atoms with Crippen molar-refractivity contribution in [1.82, 2.24) is 0 Å². The summed E-state index contributed by atoms with van der Waals surface area (Å²) in [7, 11) is 1.72. The number of nitrogens with two attached hydrogens (primary N) is 1. The lowest BCUT2D eigenvalue weighted by Gasteiger charge is -2.28. The third kappa shape index (κ3) is 2.00. The molecule has 1 atom stereocenters. The fourth-order valence-corrected chi connectivity index (χ4v) is 3.62. The van der Waals surface area contributed by atoms with Crippen molar-refractivity contribution in [3.05, 3.63) is 23.3 Å². The molecule has 0 bridgehead atoms. The van der Waals surface area contributed by atoms with Gasteiger partial charge in [-0.05, 0) is 31.4 Å². The van der Waals surface area contributed by atoms with Crippen LogP contribution in [0.3, 0.4) is 0 Å². The molecule has 0 saturated heterocycles. The van der Waals surface area contributed by atoms with Gasteiger partial charge in [0, 0.05) is 23.9 Å². The lowest BCUT2D eigenvalue weighted by atomic mass is 9.78. The van der Waals surface area contributed by atoms with E-state index in [1.807, 2.05) is 0 Å². The van der Waals surface area contributed by atoms with Crippen molar-refractivity contribution in [2.45, 2.75) is 50.5 Å². The molecule has 1 unspecified atom stereocenters. The van der Waals surface area contributed by atoms with Gasteiger partial charge in [-0.25, -0.2) is 0 Å². The molecular formula is C16H23NO2. The molecule has 3 heteroatoms. The maximum absolute atomic E-state index is 6.09. The summed E-state index contributed by atoms with van der Waals surface area (Å²) >= 11 is 0. The maximum atomic E-state index is 6.09. The summed E-state index contributed by atoms with van der Waals surface area (Å²) in [6.07, 6.45) is 6.17. The molecule has 1 aromatic rings. The highest BCUT2D eigenvalue weighted by Gasteiger charge is 2.36. The van der Waals surface area contributed by atoms with E-state index in [4.69, 9.17) is 15.2 Å². The van der Waals surface area contributed by atoms with Crippen molar-refractivity contribution in [3.63, 3.8) is 0 Å². The molecule has 0 aromatic heterocycles. The van der Waals surface area contributed by atoms with E-state index >= 15 is 0 Å². The first-order chi connectivity index (χ1) is 9.18. The summed E-state index contributed by atoms with van der Waals surface area (Å²) in [5.41, 5.74) is 8.88. The van der Waals surface area contributed by atoms with Crippen molar-refractivity contribution in [2.24, 2.45) is 5.73 Å². The van der Waals surface area contributed by atoms with Crippen LogP contribution in [0.5, 0.6) is 11.5 Å². The number of hydrogen-bond donors (Lipinski definition) is 1. The van der Waals surface area contributed by atoms with Crippen LogP contribution >= 0.6 is 0 Å². The van der Waals surface area contributed by atoms with E-state index in [1.165, 1.54) is 36.8 Å². The lowest BCUT2D eigenvalue weighted by Crippen LogP contribution is -2.32. The molecular weight excluding hydrogens is 238 g/mol. The Labute approximate surface area is 115 Å². The molecule has 1 aliphatic heterocycles. The average molecular weight is 261 g/mol. The Bertz CT molecular complexity index is 478. The van der Waals surface area contributed by atoms with Crippen molar-refractivity contribution in [3.8, 4) is 11.5 Å². The molecule has 0 amide bonds. The van der Waals surface area contributed by atoms with Crippen molar-refractivity contribution < 1.29 is 9.47 Å². The normalized spacial score (nSPS) is 24.1. The first-order valence-electron chi connectivity index (χ1n) is 7.26. The predicted octanol–water partition coefficient (Wildman–Crippen LogP) is 2.79. The maximum Gasteiger partial charge on any atom is 0.164 e. The van der Waals surface area contributed by atoms with Gasteiger partial charge in [-0.15, -0.1) is 0 Å². The minimum absolute atomic E-state index is 0.161. The summed E-state index contributed by atoms with van der Waals surface area (Å²) in [5.74, 6) is 1.81. The Morgan fingerprint density at radius 1 is 1.37 bits per heavy atom. The molecule has 19 heavy (non-hydrogen) atoms. The van der Waals surface area contributed by atoms with Gasteiger partial charge < -0.3 is 15.2 Å². The van der Waals surface area contributed by atoms with Gasteiger partial charge in [0.1, 0.15) is 6.10 Å². The quantitative estimate of drug-likeness (QED) is 0.910. The van der Waals surface area contributed by atoms with Gasteiger partial charge in [-0.3, -0.25) is 0 Å². The average Bonchev–Trinajstić information content (AvgIpc) is 3.03. The Hall–Kier alpha value is -1.22. The van der Waals surface area contributed by atoms with Gasteiger partial charge in [0.2, 0.25) is 0 Å². The molecule has 1 aliphatic carbocycles. The third-order valence-electron chi connectivity index (χ3n) is 4.74. The monoisotopic (exact) mass is 261 g/mol. The Kier molecular flexibility index (Phi) is 3.17. The van der Waals surface area contributed by atoms with E-state index in [0.29, 0.717) is 0 Å². The standard InChI is InChI=1S/C16H23NO2/c1-11-7-12-8-13(9-14(18-2)15(12)19-11)16(10-17)5-3-4-6-16/h8-9,11H,3-7,10,17H2,1-2H3. The predicted molar refractivity (Wildman–Crippen MR) is 76.0 cm³/mol. The summed E-state index contributed by atoms with van der Waals surface area (Å²) < 4.78 is 11.4. The Morgan fingerprint density at radius 2 is 2.11 bits per heavy atom.